The van der Waals surface area contributed by atoms with Crippen LogP contribution in [0.4, 0.5) is 0 Å². The Kier molecular flexibility index (Phi) is 3.43. The van der Waals surface area contributed by atoms with Crippen LogP contribution in [-0.2, 0) is 6.42 Å². The highest BCUT2D eigenvalue weighted by Gasteiger charge is 2.18. The molecule has 0 atom stereocenters. The SMILES string of the molecule is CCCCc1cc2cccccc-2c1C(N)=O. The summed E-state index contributed by atoms with van der Waals surface area (Å²) in [4.78, 5) is 11.6. The van der Waals surface area contributed by atoms with Crippen LogP contribution in [0.25, 0.3) is 11.1 Å². The van der Waals surface area contributed by atoms with Crippen molar-refractivity contribution in [2.24, 2.45) is 5.73 Å². The molecule has 0 aromatic heterocycles. The fourth-order valence-electron chi connectivity index (χ4n) is 2.20. The highest BCUT2D eigenvalue weighted by atomic mass is 16.1. The van der Waals surface area contributed by atoms with Gasteiger partial charge in [0, 0.05) is 0 Å². The smallest absolute Gasteiger partial charge is 0.249 e. The molecule has 0 aromatic carbocycles. The molecule has 17 heavy (non-hydrogen) atoms. The van der Waals surface area contributed by atoms with E-state index in [0.717, 1.165) is 36.0 Å². The van der Waals surface area contributed by atoms with Gasteiger partial charge in [-0.05, 0) is 29.5 Å². The number of nitrogens with two attached hydrogens (primary N) is 1. The molecule has 0 radical (unpaired) electrons. The van der Waals surface area contributed by atoms with E-state index in [2.05, 4.69) is 13.0 Å². The topological polar surface area (TPSA) is 43.1 Å². The zero-order valence-electron chi connectivity index (χ0n) is 10.1. The highest BCUT2D eigenvalue weighted by Crippen LogP contribution is 2.31. The number of fused-ring (bicyclic) bond motifs is 1. The number of aryl methyl sites for hydroxylation is 1. The van der Waals surface area contributed by atoms with Crippen LogP contribution in [0.2, 0.25) is 0 Å². The quantitative estimate of drug-likeness (QED) is 0.856. The summed E-state index contributed by atoms with van der Waals surface area (Å²) in [6.45, 7) is 2.15. The van der Waals surface area contributed by atoms with Gasteiger partial charge in [-0.1, -0.05) is 49.7 Å². The number of hydrogen-bond acceptors (Lipinski definition) is 1. The predicted octanol–water partition coefficient (Wildman–Crippen LogP) is 3.23. The number of carbonyl (C=O) groups excluding carboxylic acids is 1. The van der Waals surface area contributed by atoms with Gasteiger partial charge in [0.15, 0.2) is 0 Å². The molecule has 0 bridgehead atoms. The average molecular weight is 227 g/mol. The van der Waals surface area contributed by atoms with E-state index in [1.54, 1.807) is 0 Å². The van der Waals surface area contributed by atoms with Crippen LogP contribution in [0.3, 0.4) is 0 Å². The maximum atomic E-state index is 11.6. The first-order valence-electron chi connectivity index (χ1n) is 6.04. The molecule has 2 N–H and O–H groups in total. The highest BCUT2D eigenvalue weighted by molar-refractivity contribution is 6.03. The Morgan fingerprint density at radius 1 is 1.24 bits per heavy atom. The van der Waals surface area contributed by atoms with Crippen molar-refractivity contribution in [2.75, 3.05) is 0 Å². The second-order valence-corrected chi connectivity index (χ2v) is 4.29. The number of carbonyl (C=O) groups is 1. The van der Waals surface area contributed by atoms with Crippen molar-refractivity contribution in [1.82, 2.24) is 0 Å². The number of unbranched alkanes of at least 4 members (excludes halogenated alkanes) is 1. The van der Waals surface area contributed by atoms with E-state index in [4.69, 9.17) is 5.73 Å². The van der Waals surface area contributed by atoms with Gasteiger partial charge in [0.2, 0.25) is 5.91 Å². The molecule has 2 nitrogen and oxygen atoms in total. The Bertz CT molecular complexity index is 504. The summed E-state index contributed by atoms with van der Waals surface area (Å²) >= 11 is 0. The lowest BCUT2D eigenvalue weighted by Crippen LogP contribution is -2.12. The standard InChI is InChI=1S/C15H17NO/c1-2-3-7-12-10-11-8-5-4-6-9-13(11)14(12)15(16)17/h4-6,8-10H,2-3,7H2,1H3,(H2,16,17). The Morgan fingerprint density at radius 2 is 2.00 bits per heavy atom. The van der Waals surface area contributed by atoms with Crippen LogP contribution in [0.15, 0.2) is 36.4 Å². The second-order valence-electron chi connectivity index (χ2n) is 4.29. The van der Waals surface area contributed by atoms with E-state index in [0.29, 0.717) is 5.56 Å². The van der Waals surface area contributed by atoms with Crippen LogP contribution in [0.1, 0.15) is 35.7 Å². The summed E-state index contributed by atoms with van der Waals surface area (Å²) in [5.74, 6) is -0.322. The van der Waals surface area contributed by atoms with Gasteiger partial charge in [0.1, 0.15) is 0 Å². The Balaban J connectivity index is 2.54. The molecule has 1 amide bonds. The van der Waals surface area contributed by atoms with Crippen LogP contribution in [0.5, 0.6) is 0 Å². The molecule has 0 unspecified atom stereocenters. The third-order valence-corrected chi connectivity index (χ3v) is 3.04. The van der Waals surface area contributed by atoms with Crippen molar-refractivity contribution in [2.45, 2.75) is 26.2 Å². The van der Waals surface area contributed by atoms with Crippen molar-refractivity contribution in [3.05, 3.63) is 47.5 Å². The molecule has 2 heteroatoms. The molecule has 2 aliphatic rings. The van der Waals surface area contributed by atoms with E-state index in [-0.39, 0.29) is 5.91 Å². The zero-order chi connectivity index (χ0) is 12.3. The van der Waals surface area contributed by atoms with Gasteiger partial charge >= 0.3 is 0 Å². The van der Waals surface area contributed by atoms with Crippen LogP contribution >= 0.6 is 0 Å². The third-order valence-electron chi connectivity index (χ3n) is 3.04. The van der Waals surface area contributed by atoms with Gasteiger partial charge in [0.25, 0.3) is 0 Å². The van der Waals surface area contributed by atoms with Crippen LogP contribution in [-0.4, -0.2) is 5.91 Å². The summed E-state index contributed by atoms with van der Waals surface area (Å²) in [5.41, 5.74) is 9.34. The third kappa shape index (κ3) is 2.31. The maximum absolute atomic E-state index is 11.6. The first-order valence-corrected chi connectivity index (χ1v) is 6.04. The second kappa shape index (κ2) is 5.00. The predicted molar refractivity (Wildman–Crippen MR) is 70.2 cm³/mol. The summed E-state index contributed by atoms with van der Waals surface area (Å²) in [6, 6.07) is 12.0. The molecule has 2 aliphatic carbocycles. The molecule has 2 rings (SSSR count). The van der Waals surface area contributed by atoms with Gasteiger partial charge in [-0.15, -0.1) is 0 Å². The molecule has 0 aromatic rings. The molecule has 0 aliphatic heterocycles. The molecule has 0 spiro atoms. The minimum Gasteiger partial charge on any atom is -0.366 e. The minimum atomic E-state index is -0.322. The van der Waals surface area contributed by atoms with Crippen LogP contribution < -0.4 is 5.73 Å². The Hall–Kier alpha value is -1.83. The van der Waals surface area contributed by atoms with Gasteiger partial charge in [-0.2, -0.15) is 0 Å². The van der Waals surface area contributed by atoms with Crippen molar-refractivity contribution >= 4 is 5.91 Å². The summed E-state index contributed by atoms with van der Waals surface area (Å²) < 4.78 is 0. The van der Waals surface area contributed by atoms with E-state index >= 15 is 0 Å². The summed E-state index contributed by atoms with van der Waals surface area (Å²) in [6.07, 6.45) is 3.13. The molecule has 0 saturated carbocycles. The van der Waals surface area contributed by atoms with E-state index in [1.807, 2.05) is 30.3 Å². The molecular weight excluding hydrogens is 210 g/mol. The Labute approximate surface area is 102 Å². The van der Waals surface area contributed by atoms with Crippen LogP contribution in [0, 0.1) is 0 Å². The lowest BCUT2D eigenvalue weighted by Gasteiger charge is -2.01. The lowest BCUT2D eigenvalue weighted by atomic mass is 10.0. The molecular formula is C15H17NO. The largest absolute Gasteiger partial charge is 0.366 e. The average Bonchev–Trinajstić information content (AvgIpc) is 2.49. The van der Waals surface area contributed by atoms with E-state index in [9.17, 15) is 4.79 Å². The van der Waals surface area contributed by atoms with Crippen molar-refractivity contribution in [1.29, 1.82) is 0 Å². The first-order chi connectivity index (χ1) is 8.24. The zero-order valence-corrected chi connectivity index (χ0v) is 10.1. The molecule has 0 fully saturated rings. The molecule has 0 heterocycles. The van der Waals surface area contributed by atoms with E-state index < -0.39 is 0 Å². The number of amides is 1. The summed E-state index contributed by atoms with van der Waals surface area (Å²) in [5, 5.41) is 0. The minimum absolute atomic E-state index is 0.322. The van der Waals surface area contributed by atoms with Crippen molar-refractivity contribution in [3.8, 4) is 11.1 Å². The van der Waals surface area contributed by atoms with Gasteiger partial charge in [-0.25, -0.2) is 0 Å². The summed E-state index contributed by atoms with van der Waals surface area (Å²) in [7, 11) is 0. The first kappa shape index (κ1) is 11.6. The Morgan fingerprint density at radius 3 is 2.71 bits per heavy atom. The maximum Gasteiger partial charge on any atom is 0.249 e. The van der Waals surface area contributed by atoms with Gasteiger partial charge in [-0.3, -0.25) is 4.79 Å². The number of hydrogen-bond donors (Lipinski definition) is 1. The normalized spacial score (nSPS) is 10.6. The lowest BCUT2D eigenvalue weighted by molar-refractivity contribution is 0.100. The van der Waals surface area contributed by atoms with Crippen molar-refractivity contribution in [3.63, 3.8) is 0 Å². The monoisotopic (exact) mass is 227 g/mol. The fraction of sp³-hybridized carbons (Fsp3) is 0.267. The molecule has 88 valence electrons. The van der Waals surface area contributed by atoms with Gasteiger partial charge < -0.3 is 5.73 Å². The molecule has 0 saturated heterocycles. The van der Waals surface area contributed by atoms with Crippen molar-refractivity contribution < 1.29 is 4.79 Å². The number of rotatable bonds is 4. The van der Waals surface area contributed by atoms with E-state index in [1.165, 1.54) is 0 Å². The fourth-order valence-corrected chi connectivity index (χ4v) is 2.20. The van der Waals surface area contributed by atoms with Gasteiger partial charge in [0.05, 0.1) is 5.56 Å². The number of primary amides is 1.